The number of amidine groups is 1. The molecule has 152 valence electrons. The molecule has 1 aliphatic heterocycles. The van der Waals surface area contributed by atoms with Gasteiger partial charge in [0.15, 0.2) is 0 Å². The minimum absolute atomic E-state index is 0.384. The molecule has 0 bridgehead atoms. The standard InChI is InChI=1S/C23H44N2O/c1-3-4-5-6-7-8-9-10-11-12-13-14-15-16-17-18-19-23-24-20-21-25(23)22(2)26/h10-11,22,26H,3-9,12-21H2,1-2H3/b11-10-. The predicted molar refractivity (Wildman–Crippen MR) is 115 cm³/mol. The lowest BCUT2D eigenvalue weighted by molar-refractivity contribution is 0.0766. The van der Waals surface area contributed by atoms with Gasteiger partial charge < -0.3 is 10.0 Å². The summed E-state index contributed by atoms with van der Waals surface area (Å²) in [5.74, 6) is 1.12. The first-order valence-electron chi connectivity index (χ1n) is 11.4. The molecule has 1 unspecified atom stereocenters. The first-order valence-corrected chi connectivity index (χ1v) is 11.4. The second-order valence-corrected chi connectivity index (χ2v) is 7.81. The highest BCUT2D eigenvalue weighted by Crippen LogP contribution is 2.14. The SMILES string of the molecule is CCCCCCCC/C=C\CCCCCCCCC1=NCCN1C(C)O. The fourth-order valence-electron chi connectivity index (χ4n) is 3.66. The minimum Gasteiger partial charge on any atom is -0.374 e. The van der Waals surface area contributed by atoms with Gasteiger partial charge in [-0.25, -0.2) is 0 Å². The quantitative estimate of drug-likeness (QED) is 0.237. The predicted octanol–water partition coefficient (Wildman–Crippen LogP) is 6.47. The fourth-order valence-corrected chi connectivity index (χ4v) is 3.66. The molecule has 0 saturated heterocycles. The zero-order valence-corrected chi connectivity index (χ0v) is 17.6. The Morgan fingerprint density at radius 2 is 1.42 bits per heavy atom. The van der Waals surface area contributed by atoms with E-state index in [2.05, 4.69) is 24.1 Å². The number of aliphatic hydroxyl groups excluding tert-OH is 1. The molecule has 0 amide bonds. The summed E-state index contributed by atoms with van der Waals surface area (Å²) in [5.41, 5.74) is 0. The average Bonchev–Trinajstić information content (AvgIpc) is 3.10. The number of hydrogen-bond acceptors (Lipinski definition) is 3. The topological polar surface area (TPSA) is 35.8 Å². The summed E-state index contributed by atoms with van der Waals surface area (Å²) in [6, 6.07) is 0. The van der Waals surface area contributed by atoms with Gasteiger partial charge in [-0.2, -0.15) is 0 Å². The van der Waals surface area contributed by atoms with Gasteiger partial charge in [0.25, 0.3) is 0 Å². The Kier molecular flexibility index (Phi) is 14.6. The van der Waals surface area contributed by atoms with Crippen LogP contribution in [-0.2, 0) is 0 Å². The maximum Gasteiger partial charge on any atom is 0.125 e. The third-order valence-electron chi connectivity index (χ3n) is 5.33. The van der Waals surface area contributed by atoms with Crippen molar-refractivity contribution in [1.29, 1.82) is 0 Å². The Balaban J connectivity index is 1.81. The molecular weight excluding hydrogens is 320 g/mol. The van der Waals surface area contributed by atoms with Crippen molar-refractivity contribution in [3.05, 3.63) is 12.2 Å². The lowest BCUT2D eigenvalue weighted by Crippen LogP contribution is -2.35. The summed E-state index contributed by atoms with van der Waals surface area (Å²) >= 11 is 0. The van der Waals surface area contributed by atoms with E-state index < -0.39 is 0 Å². The van der Waals surface area contributed by atoms with E-state index in [0.29, 0.717) is 0 Å². The zero-order chi connectivity index (χ0) is 18.9. The minimum atomic E-state index is -0.384. The van der Waals surface area contributed by atoms with Gasteiger partial charge in [-0.15, -0.1) is 0 Å². The lowest BCUT2D eigenvalue weighted by atomic mass is 10.1. The summed E-state index contributed by atoms with van der Waals surface area (Å²) in [6.07, 6.45) is 24.3. The van der Waals surface area contributed by atoms with E-state index in [4.69, 9.17) is 0 Å². The van der Waals surface area contributed by atoms with E-state index in [1.165, 1.54) is 89.9 Å². The van der Waals surface area contributed by atoms with Gasteiger partial charge in [0.2, 0.25) is 0 Å². The number of rotatable bonds is 17. The van der Waals surface area contributed by atoms with Gasteiger partial charge in [0.1, 0.15) is 12.1 Å². The number of aliphatic imine (C=N–C) groups is 1. The molecule has 0 fully saturated rings. The van der Waals surface area contributed by atoms with E-state index >= 15 is 0 Å². The van der Waals surface area contributed by atoms with Crippen molar-refractivity contribution >= 4 is 5.84 Å². The second-order valence-electron chi connectivity index (χ2n) is 7.81. The zero-order valence-electron chi connectivity index (χ0n) is 17.6. The first kappa shape index (κ1) is 23.2. The van der Waals surface area contributed by atoms with Crippen LogP contribution in [0.1, 0.15) is 110 Å². The maximum atomic E-state index is 9.70. The van der Waals surface area contributed by atoms with Gasteiger partial charge in [-0.1, -0.05) is 76.9 Å². The number of aliphatic hydroxyl groups is 1. The summed E-state index contributed by atoms with van der Waals surface area (Å²) in [6.45, 7) is 5.86. The molecule has 1 atom stereocenters. The molecule has 1 heterocycles. The molecule has 3 nitrogen and oxygen atoms in total. The number of hydrogen-bond donors (Lipinski definition) is 1. The van der Waals surface area contributed by atoms with E-state index in [-0.39, 0.29) is 6.23 Å². The largest absolute Gasteiger partial charge is 0.374 e. The van der Waals surface area contributed by atoms with Crippen molar-refractivity contribution in [2.45, 2.75) is 116 Å². The number of nitrogens with zero attached hydrogens (tertiary/aromatic N) is 2. The van der Waals surface area contributed by atoms with Crippen molar-refractivity contribution in [2.75, 3.05) is 13.1 Å². The summed E-state index contributed by atoms with van der Waals surface area (Å²) < 4.78 is 0. The molecule has 0 aromatic carbocycles. The van der Waals surface area contributed by atoms with Crippen LogP contribution in [0.2, 0.25) is 0 Å². The smallest absolute Gasteiger partial charge is 0.125 e. The van der Waals surface area contributed by atoms with Crippen LogP contribution >= 0.6 is 0 Å². The van der Waals surface area contributed by atoms with Crippen molar-refractivity contribution < 1.29 is 5.11 Å². The maximum absolute atomic E-state index is 9.70. The molecular formula is C23H44N2O. The van der Waals surface area contributed by atoms with Crippen LogP contribution in [0.15, 0.2) is 17.1 Å². The van der Waals surface area contributed by atoms with Crippen molar-refractivity contribution in [3.8, 4) is 0 Å². The van der Waals surface area contributed by atoms with Crippen LogP contribution in [0.25, 0.3) is 0 Å². The Bertz CT molecular complexity index is 376. The van der Waals surface area contributed by atoms with Gasteiger partial charge >= 0.3 is 0 Å². The molecule has 0 aromatic heterocycles. The average molecular weight is 365 g/mol. The normalized spacial score (nSPS) is 15.8. The molecule has 0 aromatic rings. The lowest BCUT2D eigenvalue weighted by Gasteiger charge is -2.23. The van der Waals surface area contributed by atoms with Crippen molar-refractivity contribution in [3.63, 3.8) is 0 Å². The van der Waals surface area contributed by atoms with Gasteiger partial charge in [0, 0.05) is 13.0 Å². The molecule has 1 rings (SSSR count). The molecule has 0 radical (unpaired) electrons. The van der Waals surface area contributed by atoms with Gasteiger partial charge in [0.05, 0.1) is 6.54 Å². The molecule has 3 heteroatoms. The van der Waals surface area contributed by atoms with Gasteiger partial charge in [-0.3, -0.25) is 4.99 Å². The van der Waals surface area contributed by atoms with Crippen LogP contribution in [0.3, 0.4) is 0 Å². The van der Waals surface area contributed by atoms with Crippen LogP contribution in [0.5, 0.6) is 0 Å². The summed E-state index contributed by atoms with van der Waals surface area (Å²) in [5, 5.41) is 9.70. The molecule has 1 N–H and O–H groups in total. The Hall–Kier alpha value is -0.830. The molecule has 26 heavy (non-hydrogen) atoms. The molecule has 0 spiro atoms. The van der Waals surface area contributed by atoms with E-state index in [1.54, 1.807) is 0 Å². The Labute approximate surface area is 163 Å². The highest BCUT2D eigenvalue weighted by molar-refractivity contribution is 5.83. The van der Waals surface area contributed by atoms with E-state index in [1.807, 2.05) is 11.8 Å². The Morgan fingerprint density at radius 3 is 2.00 bits per heavy atom. The van der Waals surface area contributed by atoms with Crippen LogP contribution in [0.4, 0.5) is 0 Å². The van der Waals surface area contributed by atoms with Crippen LogP contribution in [-0.4, -0.2) is 35.2 Å². The highest BCUT2D eigenvalue weighted by Gasteiger charge is 2.19. The molecule has 0 aliphatic carbocycles. The fraction of sp³-hybridized carbons (Fsp3) is 0.870. The van der Waals surface area contributed by atoms with Crippen LogP contribution < -0.4 is 0 Å². The highest BCUT2D eigenvalue weighted by atomic mass is 16.3. The Morgan fingerprint density at radius 1 is 0.885 bits per heavy atom. The monoisotopic (exact) mass is 364 g/mol. The number of unbranched alkanes of at least 4 members (excludes halogenated alkanes) is 12. The van der Waals surface area contributed by atoms with E-state index in [9.17, 15) is 5.11 Å². The second kappa shape index (κ2) is 16.4. The van der Waals surface area contributed by atoms with Crippen molar-refractivity contribution in [1.82, 2.24) is 4.90 Å². The first-order chi connectivity index (χ1) is 12.8. The number of allylic oxidation sites excluding steroid dienone is 2. The van der Waals surface area contributed by atoms with Crippen LogP contribution in [0, 0.1) is 0 Å². The van der Waals surface area contributed by atoms with Gasteiger partial charge in [-0.05, 0) is 39.0 Å². The molecule has 1 aliphatic rings. The third kappa shape index (κ3) is 11.7. The third-order valence-corrected chi connectivity index (χ3v) is 5.33. The van der Waals surface area contributed by atoms with E-state index in [0.717, 1.165) is 25.3 Å². The van der Waals surface area contributed by atoms with Crippen molar-refractivity contribution in [2.24, 2.45) is 4.99 Å². The molecule has 0 saturated carbocycles. The summed E-state index contributed by atoms with van der Waals surface area (Å²) in [7, 11) is 0. The summed E-state index contributed by atoms with van der Waals surface area (Å²) in [4.78, 5) is 6.56.